The summed E-state index contributed by atoms with van der Waals surface area (Å²) in [6.07, 6.45) is 1.62. The molecule has 108 valence electrons. The molecule has 0 saturated carbocycles. The first kappa shape index (κ1) is 14.5. The van der Waals surface area contributed by atoms with Gasteiger partial charge in [-0.3, -0.25) is 4.68 Å². The molecule has 20 heavy (non-hydrogen) atoms. The Hall–Kier alpha value is -1.86. The van der Waals surface area contributed by atoms with E-state index in [4.69, 9.17) is 5.73 Å². The molecule has 0 spiro atoms. The van der Waals surface area contributed by atoms with Crippen LogP contribution in [0.1, 0.15) is 16.8 Å². The zero-order valence-electron chi connectivity index (χ0n) is 11.7. The SMILES string of the molecule is Cc1cc(N)c(C)c(S(=O)(=O)NCc2ccnn2C)c1. The van der Waals surface area contributed by atoms with Crippen LogP contribution in [0.4, 0.5) is 5.69 Å². The van der Waals surface area contributed by atoms with Gasteiger partial charge >= 0.3 is 0 Å². The van der Waals surface area contributed by atoms with E-state index in [0.717, 1.165) is 11.3 Å². The Morgan fingerprint density at radius 2 is 2.05 bits per heavy atom. The number of rotatable bonds is 4. The number of aryl methyl sites for hydroxylation is 2. The van der Waals surface area contributed by atoms with Crippen molar-refractivity contribution in [2.24, 2.45) is 7.05 Å². The number of hydrogen-bond donors (Lipinski definition) is 2. The van der Waals surface area contributed by atoms with Crippen LogP contribution in [-0.4, -0.2) is 18.2 Å². The van der Waals surface area contributed by atoms with Crippen LogP contribution < -0.4 is 10.5 Å². The maximum Gasteiger partial charge on any atom is 0.241 e. The molecule has 0 unspecified atom stereocenters. The minimum absolute atomic E-state index is 0.187. The van der Waals surface area contributed by atoms with Crippen molar-refractivity contribution >= 4 is 15.7 Å². The molecule has 0 atom stereocenters. The number of benzene rings is 1. The Balaban J connectivity index is 2.29. The molecular formula is C13H18N4O2S. The van der Waals surface area contributed by atoms with Gasteiger partial charge < -0.3 is 5.73 Å². The monoisotopic (exact) mass is 294 g/mol. The van der Waals surface area contributed by atoms with Gasteiger partial charge in [-0.2, -0.15) is 5.10 Å². The molecule has 0 aliphatic heterocycles. The van der Waals surface area contributed by atoms with Crippen LogP contribution in [0.5, 0.6) is 0 Å². The Labute approximate surface area is 118 Å². The number of aromatic nitrogens is 2. The molecule has 0 aliphatic carbocycles. The molecule has 2 aromatic rings. The normalized spacial score (nSPS) is 11.8. The van der Waals surface area contributed by atoms with Gasteiger partial charge in [0.15, 0.2) is 0 Å². The highest BCUT2D eigenvalue weighted by Gasteiger charge is 2.19. The molecule has 2 rings (SSSR count). The summed E-state index contributed by atoms with van der Waals surface area (Å²) in [5, 5.41) is 4.00. The molecule has 1 heterocycles. The van der Waals surface area contributed by atoms with Gasteiger partial charge in [-0.05, 0) is 43.2 Å². The minimum Gasteiger partial charge on any atom is -0.398 e. The molecule has 0 fully saturated rings. The summed E-state index contributed by atoms with van der Waals surface area (Å²) in [5.74, 6) is 0. The zero-order chi connectivity index (χ0) is 14.9. The summed E-state index contributed by atoms with van der Waals surface area (Å²) in [5.41, 5.74) is 8.47. The van der Waals surface area contributed by atoms with Gasteiger partial charge in [0.25, 0.3) is 0 Å². The van der Waals surface area contributed by atoms with E-state index in [1.807, 2.05) is 6.92 Å². The molecule has 7 heteroatoms. The second-order valence-electron chi connectivity index (χ2n) is 4.75. The highest BCUT2D eigenvalue weighted by Crippen LogP contribution is 2.23. The summed E-state index contributed by atoms with van der Waals surface area (Å²) in [6.45, 7) is 3.70. The van der Waals surface area contributed by atoms with Crippen molar-refractivity contribution in [3.05, 3.63) is 41.2 Å². The first-order valence-corrected chi connectivity index (χ1v) is 7.63. The number of hydrogen-bond acceptors (Lipinski definition) is 4. The van der Waals surface area contributed by atoms with E-state index in [0.29, 0.717) is 11.3 Å². The van der Waals surface area contributed by atoms with Crippen molar-refractivity contribution in [3.8, 4) is 0 Å². The minimum atomic E-state index is -3.60. The van der Waals surface area contributed by atoms with Crippen LogP contribution in [0.25, 0.3) is 0 Å². The molecule has 1 aromatic carbocycles. The summed E-state index contributed by atoms with van der Waals surface area (Å²) in [7, 11) is -1.84. The molecular weight excluding hydrogens is 276 g/mol. The van der Waals surface area contributed by atoms with E-state index in [9.17, 15) is 8.42 Å². The van der Waals surface area contributed by atoms with Crippen LogP contribution >= 0.6 is 0 Å². The van der Waals surface area contributed by atoms with Crippen molar-refractivity contribution in [2.45, 2.75) is 25.3 Å². The molecule has 0 bridgehead atoms. The molecule has 0 amide bonds. The predicted molar refractivity (Wildman–Crippen MR) is 77.6 cm³/mol. The summed E-state index contributed by atoms with van der Waals surface area (Å²) < 4.78 is 28.9. The van der Waals surface area contributed by atoms with E-state index in [2.05, 4.69) is 9.82 Å². The Morgan fingerprint density at radius 3 is 2.65 bits per heavy atom. The fourth-order valence-electron chi connectivity index (χ4n) is 1.95. The van der Waals surface area contributed by atoms with Gasteiger partial charge in [0.2, 0.25) is 10.0 Å². The first-order chi connectivity index (χ1) is 9.31. The van der Waals surface area contributed by atoms with E-state index in [-0.39, 0.29) is 11.4 Å². The van der Waals surface area contributed by atoms with Crippen molar-refractivity contribution in [1.29, 1.82) is 0 Å². The van der Waals surface area contributed by atoms with E-state index >= 15 is 0 Å². The molecule has 0 aliphatic rings. The van der Waals surface area contributed by atoms with E-state index in [1.54, 1.807) is 43.0 Å². The zero-order valence-corrected chi connectivity index (χ0v) is 12.5. The topological polar surface area (TPSA) is 90.0 Å². The maximum absolute atomic E-state index is 12.4. The fourth-order valence-corrected chi connectivity index (χ4v) is 3.31. The number of sulfonamides is 1. The van der Waals surface area contributed by atoms with Gasteiger partial charge in [-0.15, -0.1) is 0 Å². The summed E-state index contributed by atoms with van der Waals surface area (Å²) in [4.78, 5) is 0.220. The predicted octanol–water partition coefficient (Wildman–Crippen LogP) is 1.10. The van der Waals surface area contributed by atoms with Crippen molar-refractivity contribution < 1.29 is 8.42 Å². The molecule has 0 saturated heterocycles. The van der Waals surface area contributed by atoms with Gasteiger partial charge in [0.05, 0.1) is 17.1 Å². The fraction of sp³-hybridized carbons (Fsp3) is 0.308. The lowest BCUT2D eigenvalue weighted by Crippen LogP contribution is -2.25. The van der Waals surface area contributed by atoms with E-state index < -0.39 is 10.0 Å². The average Bonchev–Trinajstić information content (AvgIpc) is 2.77. The lowest BCUT2D eigenvalue weighted by Gasteiger charge is -2.12. The van der Waals surface area contributed by atoms with Crippen LogP contribution in [0.3, 0.4) is 0 Å². The van der Waals surface area contributed by atoms with Gasteiger partial charge in [0, 0.05) is 18.9 Å². The lowest BCUT2D eigenvalue weighted by atomic mass is 10.1. The summed E-state index contributed by atoms with van der Waals surface area (Å²) in [6, 6.07) is 5.15. The molecule has 0 radical (unpaired) electrons. The number of nitrogens with one attached hydrogen (secondary N) is 1. The smallest absolute Gasteiger partial charge is 0.241 e. The van der Waals surface area contributed by atoms with Crippen LogP contribution in [0, 0.1) is 13.8 Å². The lowest BCUT2D eigenvalue weighted by molar-refractivity contribution is 0.576. The van der Waals surface area contributed by atoms with Gasteiger partial charge in [-0.25, -0.2) is 13.1 Å². The molecule has 3 N–H and O–H groups in total. The largest absolute Gasteiger partial charge is 0.398 e. The Bertz CT molecular complexity index is 735. The number of nitrogen functional groups attached to an aromatic ring is 1. The van der Waals surface area contributed by atoms with Crippen LogP contribution in [0.15, 0.2) is 29.3 Å². The Morgan fingerprint density at radius 1 is 1.35 bits per heavy atom. The van der Waals surface area contributed by atoms with Crippen molar-refractivity contribution in [2.75, 3.05) is 5.73 Å². The first-order valence-electron chi connectivity index (χ1n) is 6.14. The summed E-state index contributed by atoms with van der Waals surface area (Å²) >= 11 is 0. The number of nitrogens with zero attached hydrogens (tertiary/aromatic N) is 2. The molecule has 1 aromatic heterocycles. The van der Waals surface area contributed by atoms with Crippen molar-refractivity contribution in [3.63, 3.8) is 0 Å². The standard InChI is InChI=1S/C13H18N4O2S/c1-9-6-12(14)10(2)13(7-9)20(18,19)16-8-11-4-5-15-17(11)3/h4-7,16H,8,14H2,1-3H3. The third kappa shape index (κ3) is 2.83. The number of nitrogens with two attached hydrogens (primary N) is 1. The van der Waals surface area contributed by atoms with Gasteiger partial charge in [0.1, 0.15) is 0 Å². The van der Waals surface area contributed by atoms with Gasteiger partial charge in [-0.1, -0.05) is 0 Å². The van der Waals surface area contributed by atoms with Crippen molar-refractivity contribution in [1.82, 2.24) is 14.5 Å². The second-order valence-corrected chi connectivity index (χ2v) is 6.48. The second kappa shape index (κ2) is 5.26. The average molecular weight is 294 g/mol. The van der Waals surface area contributed by atoms with E-state index in [1.165, 1.54) is 0 Å². The van der Waals surface area contributed by atoms with Crippen LogP contribution in [-0.2, 0) is 23.6 Å². The third-order valence-corrected chi connectivity index (χ3v) is 4.73. The number of anilines is 1. The quantitative estimate of drug-likeness (QED) is 0.826. The molecule has 6 nitrogen and oxygen atoms in total. The highest BCUT2D eigenvalue weighted by molar-refractivity contribution is 7.89. The third-order valence-electron chi connectivity index (χ3n) is 3.20. The Kier molecular flexibility index (Phi) is 3.82. The maximum atomic E-state index is 12.4. The highest BCUT2D eigenvalue weighted by atomic mass is 32.2. The van der Waals surface area contributed by atoms with Crippen LogP contribution in [0.2, 0.25) is 0 Å².